The van der Waals surface area contributed by atoms with E-state index in [0.29, 0.717) is 21.8 Å². The van der Waals surface area contributed by atoms with Crippen LogP contribution in [-0.4, -0.2) is 34.3 Å². The summed E-state index contributed by atoms with van der Waals surface area (Å²) in [5.41, 5.74) is 1.20. The van der Waals surface area contributed by atoms with Crippen molar-refractivity contribution in [3.63, 3.8) is 0 Å². The Labute approximate surface area is 148 Å². The Kier molecular flexibility index (Phi) is 5.81. The molecule has 0 atom stereocenters. The van der Waals surface area contributed by atoms with Crippen LogP contribution in [0, 0.1) is 5.92 Å². The summed E-state index contributed by atoms with van der Waals surface area (Å²) in [4.78, 5) is 23.5. The van der Waals surface area contributed by atoms with Crippen LogP contribution in [0.3, 0.4) is 0 Å². The molecule has 1 heterocycles. The second kappa shape index (κ2) is 8.25. The van der Waals surface area contributed by atoms with E-state index in [0.717, 1.165) is 19.3 Å². The molecule has 8 heteroatoms. The first kappa shape index (κ1) is 16.9. The normalized spacial score (nSPS) is 13.5. The summed E-state index contributed by atoms with van der Waals surface area (Å²) in [6.45, 7) is 0.613. The van der Waals surface area contributed by atoms with Gasteiger partial charge in [-0.25, -0.2) is 0 Å². The Morgan fingerprint density at radius 2 is 2.00 bits per heavy atom. The molecule has 1 aromatic carbocycles. The van der Waals surface area contributed by atoms with E-state index in [1.807, 2.05) is 30.3 Å². The minimum atomic E-state index is -0.0327. The van der Waals surface area contributed by atoms with Gasteiger partial charge in [-0.2, -0.15) is 0 Å². The molecule has 0 spiro atoms. The van der Waals surface area contributed by atoms with Crippen LogP contribution in [0.2, 0.25) is 0 Å². The number of hydrogen-bond acceptors (Lipinski definition) is 6. The van der Waals surface area contributed by atoms with Crippen molar-refractivity contribution in [2.75, 3.05) is 17.6 Å². The molecule has 126 valence electrons. The van der Waals surface area contributed by atoms with Crippen LogP contribution in [0.25, 0.3) is 0 Å². The molecule has 2 amide bonds. The molecule has 2 aromatic rings. The minimum absolute atomic E-state index is 0.0151. The molecule has 0 aliphatic heterocycles. The van der Waals surface area contributed by atoms with E-state index in [4.69, 9.17) is 0 Å². The number of nitrogens with zero attached hydrogens (tertiary/aromatic N) is 2. The van der Waals surface area contributed by atoms with Gasteiger partial charge in [0.05, 0.1) is 5.75 Å². The van der Waals surface area contributed by atoms with Crippen LogP contribution < -0.4 is 10.6 Å². The second-order valence-corrected chi connectivity index (χ2v) is 7.71. The number of carbonyl (C=O) groups excluding carboxylic acids is 2. The number of hydrogen-bond donors (Lipinski definition) is 2. The van der Waals surface area contributed by atoms with Gasteiger partial charge in [-0.05, 0) is 24.8 Å². The zero-order chi connectivity index (χ0) is 16.8. The van der Waals surface area contributed by atoms with E-state index in [9.17, 15) is 9.59 Å². The zero-order valence-electron chi connectivity index (χ0n) is 13.0. The van der Waals surface area contributed by atoms with E-state index in [2.05, 4.69) is 20.8 Å². The van der Waals surface area contributed by atoms with E-state index in [1.165, 1.54) is 28.7 Å². The van der Waals surface area contributed by atoms with E-state index < -0.39 is 0 Å². The highest BCUT2D eigenvalue weighted by Gasteiger charge is 2.30. The number of anilines is 1. The molecule has 1 aliphatic carbocycles. The molecule has 1 aliphatic rings. The average Bonchev–Trinajstić information content (AvgIpc) is 3.35. The van der Waals surface area contributed by atoms with Crippen LogP contribution in [0.15, 0.2) is 34.7 Å². The van der Waals surface area contributed by atoms with Gasteiger partial charge in [0.15, 0.2) is 4.34 Å². The molecular formula is C16H18N4O2S2. The van der Waals surface area contributed by atoms with E-state index in [-0.39, 0.29) is 17.7 Å². The topological polar surface area (TPSA) is 84.0 Å². The van der Waals surface area contributed by atoms with Gasteiger partial charge in [-0.15, -0.1) is 10.2 Å². The van der Waals surface area contributed by atoms with Gasteiger partial charge in [-0.1, -0.05) is 53.4 Å². The van der Waals surface area contributed by atoms with Crippen molar-refractivity contribution in [2.24, 2.45) is 5.92 Å². The Hall–Kier alpha value is -1.93. The minimum Gasteiger partial charge on any atom is -0.355 e. The third-order valence-corrected chi connectivity index (χ3v) is 5.46. The van der Waals surface area contributed by atoms with Gasteiger partial charge in [0.25, 0.3) is 0 Å². The lowest BCUT2D eigenvalue weighted by molar-refractivity contribution is -0.118. The highest BCUT2D eigenvalue weighted by molar-refractivity contribution is 8.01. The molecule has 24 heavy (non-hydrogen) atoms. The average molecular weight is 362 g/mol. The van der Waals surface area contributed by atoms with Crippen LogP contribution in [0.1, 0.15) is 18.4 Å². The maximum atomic E-state index is 11.8. The van der Waals surface area contributed by atoms with Crippen LogP contribution >= 0.6 is 23.1 Å². The summed E-state index contributed by atoms with van der Waals surface area (Å²) in [6.07, 6.45) is 2.72. The van der Waals surface area contributed by atoms with Crippen LogP contribution in [0.4, 0.5) is 5.13 Å². The summed E-state index contributed by atoms with van der Waals surface area (Å²) >= 11 is 2.63. The fourth-order valence-electron chi connectivity index (χ4n) is 2.04. The molecule has 1 aromatic heterocycles. The van der Waals surface area contributed by atoms with Gasteiger partial charge in [0.1, 0.15) is 0 Å². The Bertz CT molecular complexity index is 701. The van der Waals surface area contributed by atoms with Gasteiger partial charge >= 0.3 is 0 Å². The smallest absolute Gasteiger partial charge is 0.230 e. The lowest BCUT2D eigenvalue weighted by Gasteiger charge is -2.04. The lowest BCUT2D eigenvalue weighted by atomic mass is 10.1. The van der Waals surface area contributed by atoms with Crippen LogP contribution in [0.5, 0.6) is 0 Å². The third kappa shape index (κ3) is 5.31. The summed E-state index contributed by atoms with van der Waals surface area (Å²) in [5.74, 6) is 0.413. The zero-order valence-corrected chi connectivity index (χ0v) is 14.7. The van der Waals surface area contributed by atoms with Crippen molar-refractivity contribution >= 4 is 40.0 Å². The molecule has 0 saturated heterocycles. The molecule has 6 nitrogen and oxygen atoms in total. The van der Waals surface area contributed by atoms with Gasteiger partial charge in [0.2, 0.25) is 16.9 Å². The van der Waals surface area contributed by atoms with Gasteiger partial charge in [-0.3, -0.25) is 9.59 Å². The first-order valence-electron chi connectivity index (χ1n) is 7.78. The number of nitrogens with one attached hydrogen (secondary N) is 2. The number of aromatic nitrogens is 2. The van der Waals surface area contributed by atoms with Crippen molar-refractivity contribution < 1.29 is 9.59 Å². The number of rotatable bonds is 8. The lowest BCUT2D eigenvalue weighted by Crippen LogP contribution is -2.27. The quantitative estimate of drug-likeness (QED) is 0.556. The first-order valence-corrected chi connectivity index (χ1v) is 9.59. The highest BCUT2D eigenvalue weighted by Crippen LogP contribution is 2.31. The predicted molar refractivity (Wildman–Crippen MR) is 95.1 cm³/mol. The van der Waals surface area contributed by atoms with Crippen molar-refractivity contribution in [2.45, 2.75) is 23.6 Å². The summed E-state index contributed by atoms with van der Waals surface area (Å²) in [7, 11) is 0. The fraction of sp³-hybridized carbons (Fsp3) is 0.375. The Morgan fingerprint density at radius 1 is 1.21 bits per heavy atom. The molecule has 3 rings (SSSR count). The van der Waals surface area contributed by atoms with Crippen molar-refractivity contribution in [1.82, 2.24) is 15.5 Å². The Balaban J connectivity index is 1.35. The van der Waals surface area contributed by atoms with Gasteiger partial charge in [0, 0.05) is 12.5 Å². The first-order chi connectivity index (χ1) is 11.7. The summed E-state index contributed by atoms with van der Waals surface area (Å²) in [5, 5.41) is 14.1. The van der Waals surface area contributed by atoms with E-state index >= 15 is 0 Å². The fourth-order valence-corrected chi connectivity index (χ4v) is 3.63. The molecule has 0 unspecified atom stereocenters. The summed E-state index contributed by atoms with van der Waals surface area (Å²) < 4.78 is 0.680. The largest absolute Gasteiger partial charge is 0.355 e. The molecule has 1 fully saturated rings. The molecule has 1 saturated carbocycles. The Morgan fingerprint density at radius 3 is 2.75 bits per heavy atom. The third-order valence-electron chi connectivity index (χ3n) is 3.49. The van der Waals surface area contributed by atoms with Crippen molar-refractivity contribution in [3.05, 3.63) is 35.9 Å². The van der Waals surface area contributed by atoms with E-state index in [1.54, 1.807) is 0 Å². The number of benzene rings is 1. The monoisotopic (exact) mass is 362 g/mol. The predicted octanol–water partition coefficient (Wildman–Crippen LogP) is 2.34. The number of carbonyl (C=O) groups is 2. The highest BCUT2D eigenvalue weighted by atomic mass is 32.2. The maximum Gasteiger partial charge on any atom is 0.230 e. The molecule has 0 radical (unpaired) electrons. The maximum absolute atomic E-state index is 11.8. The number of amides is 2. The van der Waals surface area contributed by atoms with Crippen molar-refractivity contribution in [1.29, 1.82) is 0 Å². The SMILES string of the molecule is O=C(CSc1nnc(NC(=O)C2CC2)s1)NCCc1ccccc1. The number of thioether (sulfide) groups is 1. The van der Waals surface area contributed by atoms with Crippen molar-refractivity contribution in [3.8, 4) is 0 Å². The summed E-state index contributed by atoms with van der Waals surface area (Å²) in [6, 6.07) is 10.0. The molecule has 0 bridgehead atoms. The van der Waals surface area contributed by atoms with Gasteiger partial charge < -0.3 is 10.6 Å². The van der Waals surface area contributed by atoms with Crippen LogP contribution in [-0.2, 0) is 16.0 Å². The standard InChI is InChI=1S/C16H18N4O2S2/c21-13(17-9-8-11-4-2-1-3-5-11)10-23-16-20-19-15(24-16)18-14(22)12-6-7-12/h1-5,12H,6-10H2,(H,17,21)(H,18,19,22). The molecular weight excluding hydrogens is 344 g/mol. The molecule has 2 N–H and O–H groups in total. The second-order valence-electron chi connectivity index (χ2n) is 5.51.